The Hall–Kier alpha value is -2.80. The predicted molar refractivity (Wildman–Crippen MR) is 116 cm³/mol. The minimum absolute atomic E-state index is 0.0416. The van der Waals surface area contributed by atoms with Gasteiger partial charge in [0.2, 0.25) is 0 Å². The molecular formula is C22H22N4O2S. The molecule has 148 valence electrons. The predicted octanol–water partition coefficient (Wildman–Crippen LogP) is 3.19. The van der Waals surface area contributed by atoms with Crippen molar-refractivity contribution in [3.05, 3.63) is 70.7 Å². The lowest BCUT2D eigenvalue weighted by molar-refractivity contribution is 0.454. The van der Waals surface area contributed by atoms with E-state index in [2.05, 4.69) is 23.0 Å². The highest BCUT2D eigenvalue weighted by atomic mass is 32.2. The highest BCUT2D eigenvalue weighted by Crippen LogP contribution is 2.26. The molecule has 1 aliphatic rings. The lowest BCUT2D eigenvalue weighted by Gasteiger charge is -2.22. The van der Waals surface area contributed by atoms with Crippen LogP contribution in [0.5, 0.6) is 0 Å². The molecule has 4 aromatic rings. The van der Waals surface area contributed by atoms with E-state index in [-0.39, 0.29) is 11.7 Å². The molecule has 1 aliphatic heterocycles. The van der Waals surface area contributed by atoms with Gasteiger partial charge in [-0.1, -0.05) is 24.3 Å². The average molecular weight is 407 g/mol. The molecule has 29 heavy (non-hydrogen) atoms. The van der Waals surface area contributed by atoms with Crippen LogP contribution in [0.2, 0.25) is 0 Å². The van der Waals surface area contributed by atoms with Crippen LogP contribution in [0, 0.1) is 6.92 Å². The van der Waals surface area contributed by atoms with E-state index in [0.717, 1.165) is 45.9 Å². The fourth-order valence-corrected chi connectivity index (χ4v) is 5.61. The van der Waals surface area contributed by atoms with Crippen LogP contribution in [0.3, 0.4) is 0 Å². The second kappa shape index (κ2) is 7.22. The maximum Gasteiger partial charge on any atom is 0.329 e. The molecule has 1 saturated heterocycles. The number of benzene rings is 1. The van der Waals surface area contributed by atoms with Crippen molar-refractivity contribution < 1.29 is 4.21 Å². The Morgan fingerprint density at radius 3 is 2.72 bits per heavy atom. The molecule has 1 fully saturated rings. The quantitative estimate of drug-likeness (QED) is 0.524. The molecular weight excluding hydrogens is 384 g/mol. The molecule has 0 amide bonds. The summed E-state index contributed by atoms with van der Waals surface area (Å²) >= 11 is 0. The maximum atomic E-state index is 13.4. The normalized spacial score (nSPS) is 19.8. The third-order valence-corrected chi connectivity index (χ3v) is 7.33. The van der Waals surface area contributed by atoms with Gasteiger partial charge in [-0.25, -0.2) is 4.79 Å². The summed E-state index contributed by atoms with van der Waals surface area (Å²) in [6, 6.07) is 10.1. The van der Waals surface area contributed by atoms with Gasteiger partial charge in [0.25, 0.3) is 0 Å². The van der Waals surface area contributed by atoms with Crippen LogP contribution in [-0.4, -0.2) is 34.8 Å². The third-order valence-electron chi connectivity index (χ3n) is 5.95. The monoisotopic (exact) mass is 406 g/mol. The Bertz CT molecular complexity index is 1300. The van der Waals surface area contributed by atoms with Gasteiger partial charge in [0.1, 0.15) is 0 Å². The topological polar surface area (TPSA) is 69.8 Å². The summed E-state index contributed by atoms with van der Waals surface area (Å²) in [5.41, 5.74) is 3.64. The van der Waals surface area contributed by atoms with Gasteiger partial charge in [0.15, 0.2) is 0 Å². The number of imidazole rings is 1. The largest absolute Gasteiger partial charge is 0.329 e. The van der Waals surface area contributed by atoms with Crippen LogP contribution >= 0.6 is 0 Å². The van der Waals surface area contributed by atoms with E-state index < -0.39 is 10.8 Å². The van der Waals surface area contributed by atoms with Gasteiger partial charge in [-0.3, -0.25) is 23.3 Å². The molecule has 4 heterocycles. The third kappa shape index (κ3) is 3.09. The zero-order valence-corrected chi connectivity index (χ0v) is 17.1. The van der Waals surface area contributed by atoms with E-state index in [0.29, 0.717) is 18.1 Å². The van der Waals surface area contributed by atoms with Crippen molar-refractivity contribution in [2.75, 3.05) is 11.5 Å². The number of rotatable bonds is 3. The smallest absolute Gasteiger partial charge is 0.289 e. The van der Waals surface area contributed by atoms with Crippen LogP contribution in [0.1, 0.15) is 30.1 Å². The number of fused-ring (bicyclic) bond motifs is 2. The second-order valence-corrected chi connectivity index (χ2v) is 9.30. The minimum Gasteiger partial charge on any atom is -0.289 e. The first-order chi connectivity index (χ1) is 14.1. The van der Waals surface area contributed by atoms with Crippen molar-refractivity contribution >= 4 is 32.6 Å². The molecule has 5 rings (SSSR count). The first kappa shape index (κ1) is 18.2. The summed E-state index contributed by atoms with van der Waals surface area (Å²) in [5.74, 6) is 1.31. The number of hydrogen-bond donors (Lipinski definition) is 0. The van der Waals surface area contributed by atoms with Crippen molar-refractivity contribution in [1.29, 1.82) is 0 Å². The van der Waals surface area contributed by atoms with Crippen LogP contribution in [-0.2, 0) is 17.3 Å². The number of aryl methyl sites for hydroxylation is 1. The molecule has 0 N–H and O–H groups in total. The van der Waals surface area contributed by atoms with E-state index in [1.54, 1.807) is 17.0 Å². The lowest BCUT2D eigenvalue weighted by Crippen LogP contribution is -2.31. The molecule has 0 bridgehead atoms. The van der Waals surface area contributed by atoms with E-state index in [9.17, 15) is 9.00 Å². The fraction of sp³-hybridized carbons (Fsp3) is 0.318. The highest BCUT2D eigenvalue weighted by molar-refractivity contribution is 7.85. The molecule has 7 heteroatoms. The SMILES string of the molecule is Cc1c(Cn2c(=O)n(C3CCS(=O)CC3)c3ccncc32)ncc2ccccc12. The first-order valence-corrected chi connectivity index (χ1v) is 11.3. The number of nitrogens with zero attached hydrogens (tertiary/aromatic N) is 4. The van der Waals surface area contributed by atoms with Gasteiger partial charge in [0, 0.05) is 46.1 Å². The van der Waals surface area contributed by atoms with Crippen molar-refractivity contribution in [2.24, 2.45) is 0 Å². The molecule has 0 atom stereocenters. The van der Waals surface area contributed by atoms with Crippen molar-refractivity contribution in [3.63, 3.8) is 0 Å². The molecule has 0 spiro atoms. The van der Waals surface area contributed by atoms with Gasteiger partial charge >= 0.3 is 5.69 Å². The van der Waals surface area contributed by atoms with E-state index in [1.165, 1.54) is 0 Å². The van der Waals surface area contributed by atoms with E-state index in [1.807, 2.05) is 35.0 Å². The van der Waals surface area contributed by atoms with E-state index >= 15 is 0 Å². The fourth-order valence-electron chi connectivity index (χ4n) is 4.33. The van der Waals surface area contributed by atoms with Crippen molar-refractivity contribution in [2.45, 2.75) is 32.4 Å². The number of pyridine rings is 2. The van der Waals surface area contributed by atoms with Crippen LogP contribution in [0.4, 0.5) is 0 Å². The van der Waals surface area contributed by atoms with Crippen LogP contribution in [0.15, 0.2) is 53.7 Å². The number of hydrogen-bond acceptors (Lipinski definition) is 4. The number of aromatic nitrogens is 4. The summed E-state index contributed by atoms with van der Waals surface area (Å²) < 4.78 is 15.4. The average Bonchev–Trinajstić information content (AvgIpc) is 3.02. The second-order valence-electron chi connectivity index (χ2n) is 7.60. The van der Waals surface area contributed by atoms with Gasteiger partial charge in [-0.15, -0.1) is 0 Å². The van der Waals surface area contributed by atoms with Crippen LogP contribution in [0.25, 0.3) is 21.8 Å². The Balaban J connectivity index is 1.63. The van der Waals surface area contributed by atoms with Crippen LogP contribution < -0.4 is 5.69 Å². The Labute approximate surface area is 170 Å². The Morgan fingerprint density at radius 2 is 1.90 bits per heavy atom. The molecule has 0 aliphatic carbocycles. The molecule has 6 nitrogen and oxygen atoms in total. The summed E-state index contributed by atoms with van der Waals surface area (Å²) in [6.45, 7) is 2.47. The lowest BCUT2D eigenvalue weighted by atomic mass is 10.1. The van der Waals surface area contributed by atoms with Gasteiger partial charge in [0.05, 0.1) is 29.5 Å². The van der Waals surface area contributed by atoms with Crippen molar-refractivity contribution in [3.8, 4) is 0 Å². The molecule has 1 aromatic carbocycles. The summed E-state index contributed by atoms with van der Waals surface area (Å²) in [6.07, 6.45) is 6.88. The highest BCUT2D eigenvalue weighted by Gasteiger charge is 2.25. The molecule has 0 radical (unpaired) electrons. The van der Waals surface area contributed by atoms with Gasteiger partial charge in [-0.05, 0) is 36.8 Å². The minimum atomic E-state index is -0.761. The zero-order valence-electron chi connectivity index (χ0n) is 16.2. The van der Waals surface area contributed by atoms with Gasteiger partial charge in [-0.2, -0.15) is 0 Å². The summed E-state index contributed by atoms with van der Waals surface area (Å²) in [5, 5.41) is 2.25. The van der Waals surface area contributed by atoms with Crippen molar-refractivity contribution in [1.82, 2.24) is 19.1 Å². The van der Waals surface area contributed by atoms with Gasteiger partial charge < -0.3 is 0 Å². The molecule has 0 unspecified atom stereocenters. The van der Waals surface area contributed by atoms with E-state index in [4.69, 9.17) is 0 Å². The zero-order chi connectivity index (χ0) is 20.0. The standard InChI is InChI=1S/C22H22N4O2S/c1-15-18-5-3-2-4-16(18)12-24-19(15)14-25-21-13-23-9-6-20(21)26(22(25)27)17-7-10-29(28)11-8-17/h2-6,9,12-13,17H,7-8,10-11,14H2,1H3. The Morgan fingerprint density at radius 1 is 1.10 bits per heavy atom. The molecule has 0 saturated carbocycles. The summed E-state index contributed by atoms with van der Waals surface area (Å²) in [4.78, 5) is 22.4. The first-order valence-electron chi connectivity index (χ1n) is 9.86. The molecule has 3 aromatic heterocycles. The summed E-state index contributed by atoms with van der Waals surface area (Å²) in [7, 11) is -0.761. The Kier molecular flexibility index (Phi) is 4.54. The maximum absolute atomic E-state index is 13.4.